The number of hydrogen-bond acceptors (Lipinski definition) is 7. The van der Waals surface area contributed by atoms with Crippen LogP contribution in [0.2, 0.25) is 0 Å². The lowest BCUT2D eigenvalue weighted by Gasteiger charge is -2.27. The van der Waals surface area contributed by atoms with Crippen LogP contribution in [0.1, 0.15) is 48.8 Å². The van der Waals surface area contributed by atoms with E-state index in [-0.39, 0.29) is 30.1 Å². The highest BCUT2D eigenvalue weighted by atomic mass is 32.2. The van der Waals surface area contributed by atoms with E-state index in [1.54, 1.807) is 24.0 Å². The van der Waals surface area contributed by atoms with Gasteiger partial charge in [-0.15, -0.1) is 11.3 Å². The Hall–Kier alpha value is -2.10. The largest absolute Gasteiger partial charge is 0.382 e. The minimum absolute atomic E-state index is 0.0161. The van der Waals surface area contributed by atoms with E-state index in [1.165, 1.54) is 11.3 Å². The number of anilines is 1. The average Bonchev–Trinajstić information content (AvgIpc) is 3.49. The molecule has 0 aliphatic carbocycles. The number of nitrogens with zero attached hydrogens (tertiary/aromatic N) is 2. The van der Waals surface area contributed by atoms with Crippen LogP contribution in [0, 0.1) is 0 Å². The number of rotatable bonds is 11. The molecule has 7 nitrogen and oxygen atoms in total. The van der Waals surface area contributed by atoms with Crippen LogP contribution in [0.15, 0.2) is 35.7 Å². The molecule has 9 heteroatoms. The highest BCUT2D eigenvalue weighted by Gasteiger charge is 2.26. The number of amides is 1. The summed E-state index contributed by atoms with van der Waals surface area (Å²) in [6.07, 6.45) is 1.87. The Morgan fingerprint density at radius 1 is 1.22 bits per heavy atom. The first kappa shape index (κ1) is 24.5. The number of benzene rings is 1. The Morgan fingerprint density at radius 2 is 2.00 bits per heavy atom. The Balaban J connectivity index is 1.94. The first-order valence-corrected chi connectivity index (χ1v) is 13.6. The van der Waals surface area contributed by atoms with Gasteiger partial charge >= 0.3 is 10.1 Å². The van der Waals surface area contributed by atoms with Gasteiger partial charge in [0.15, 0.2) is 0 Å². The van der Waals surface area contributed by atoms with Gasteiger partial charge in [-0.2, -0.15) is 8.42 Å². The Morgan fingerprint density at radius 3 is 2.59 bits per heavy atom. The molecule has 1 fully saturated rings. The second-order valence-electron chi connectivity index (χ2n) is 7.69. The van der Waals surface area contributed by atoms with Gasteiger partial charge in [0.1, 0.15) is 5.75 Å². The average molecular weight is 481 g/mol. The third kappa shape index (κ3) is 6.24. The second kappa shape index (κ2) is 11.2. The summed E-state index contributed by atoms with van der Waals surface area (Å²) in [5.74, 6) is 0.0515. The number of ether oxygens (including phenoxy) is 1. The third-order valence-corrected chi connectivity index (χ3v) is 7.58. The summed E-state index contributed by atoms with van der Waals surface area (Å²) < 4.78 is 35.8. The Kier molecular flexibility index (Phi) is 8.56. The van der Waals surface area contributed by atoms with E-state index in [4.69, 9.17) is 8.92 Å². The zero-order valence-corrected chi connectivity index (χ0v) is 20.6. The standard InChI is InChI=1S/C23H32N2O5S2/c1-4-24(5-2)19-12-11-18(21(15-19)30-32(27,28)6-3)16-25(17-20-9-7-13-29-20)23(26)22-10-8-14-31-22/h8,10-12,14-15,20H,4-7,9,13,16-17H2,1-3H3/t20-/m1/s1. The Bertz CT molecular complexity index is 982. The summed E-state index contributed by atoms with van der Waals surface area (Å²) in [4.78, 5) is 17.7. The van der Waals surface area contributed by atoms with E-state index in [0.717, 1.165) is 31.6 Å². The van der Waals surface area contributed by atoms with Crippen molar-refractivity contribution < 1.29 is 22.1 Å². The van der Waals surface area contributed by atoms with Crippen LogP contribution in [-0.4, -0.2) is 57.3 Å². The maximum absolute atomic E-state index is 13.2. The Labute approximate surface area is 195 Å². The summed E-state index contributed by atoms with van der Waals surface area (Å²) >= 11 is 1.39. The minimum Gasteiger partial charge on any atom is -0.382 e. The first-order chi connectivity index (χ1) is 15.4. The normalized spacial score (nSPS) is 16.2. The summed E-state index contributed by atoms with van der Waals surface area (Å²) in [6, 6.07) is 9.22. The summed E-state index contributed by atoms with van der Waals surface area (Å²) in [5.41, 5.74) is 1.54. The molecule has 1 aromatic heterocycles. The molecule has 0 spiro atoms. The maximum Gasteiger partial charge on any atom is 0.308 e. The minimum atomic E-state index is -3.72. The van der Waals surface area contributed by atoms with E-state index < -0.39 is 10.1 Å². The fourth-order valence-electron chi connectivity index (χ4n) is 3.75. The molecule has 2 aromatic rings. The van der Waals surface area contributed by atoms with Crippen LogP contribution in [0.4, 0.5) is 5.69 Å². The molecule has 0 radical (unpaired) electrons. The van der Waals surface area contributed by atoms with Gasteiger partial charge in [0, 0.05) is 50.1 Å². The summed E-state index contributed by atoms with van der Waals surface area (Å²) in [7, 11) is -3.72. The predicted molar refractivity (Wildman–Crippen MR) is 128 cm³/mol. The van der Waals surface area contributed by atoms with E-state index >= 15 is 0 Å². The first-order valence-electron chi connectivity index (χ1n) is 11.1. The molecular formula is C23H32N2O5S2. The fraction of sp³-hybridized carbons (Fsp3) is 0.522. The number of thiophene rings is 1. The van der Waals surface area contributed by atoms with Gasteiger partial charge in [0.05, 0.1) is 16.7 Å². The summed E-state index contributed by atoms with van der Waals surface area (Å²) in [5, 5.41) is 1.87. The maximum atomic E-state index is 13.2. The van der Waals surface area contributed by atoms with Crippen molar-refractivity contribution in [3.8, 4) is 5.75 Å². The van der Waals surface area contributed by atoms with Crippen LogP contribution >= 0.6 is 11.3 Å². The third-order valence-electron chi connectivity index (χ3n) is 5.58. The number of carbonyl (C=O) groups excluding carboxylic acids is 1. The number of carbonyl (C=O) groups is 1. The molecule has 1 atom stereocenters. The highest BCUT2D eigenvalue weighted by Crippen LogP contribution is 2.30. The molecule has 1 aliphatic rings. The van der Waals surface area contributed by atoms with Crippen molar-refractivity contribution in [3.05, 3.63) is 46.2 Å². The van der Waals surface area contributed by atoms with Crippen LogP contribution in [-0.2, 0) is 21.4 Å². The molecule has 1 aromatic carbocycles. The van der Waals surface area contributed by atoms with Crippen LogP contribution in [0.5, 0.6) is 5.75 Å². The quantitative estimate of drug-likeness (QED) is 0.450. The van der Waals surface area contributed by atoms with Gasteiger partial charge in [0.25, 0.3) is 5.91 Å². The van der Waals surface area contributed by atoms with Gasteiger partial charge in [-0.3, -0.25) is 4.79 Å². The molecule has 1 aliphatic heterocycles. The fourth-order valence-corrected chi connectivity index (χ4v) is 4.99. The van der Waals surface area contributed by atoms with Crippen molar-refractivity contribution >= 4 is 33.0 Å². The molecule has 1 amide bonds. The zero-order chi connectivity index (χ0) is 23.1. The smallest absolute Gasteiger partial charge is 0.308 e. The van der Waals surface area contributed by atoms with Gasteiger partial charge in [-0.05, 0) is 51.1 Å². The topological polar surface area (TPSA) is 76.2 Å². The van der Waals surface area contributed by atoms with Gasteiger partial charge < -0.3 is 18.7 Å². The molecular weight excluding hydrogens is 448 g/mol. The summed E-state index contributed by atoms with van der Waals surface area (Å²) in [6.45, 7) is 8.61. The molecule has 0 saturated carbocycles. The second-order valence-corrected chi connectivity index (χ2v) is 10.5. The van der Waals surface area contributed by atoms with Gasteiger partial charge in [0.2, 0.25) is 0 Å². The van der Waals surface area contributed by atoms with Crippen molar-refractivity contribution in [1.82, 2.24) is 4.90 Å². The van der Waals surface area contributed by atoms with Gasteiger partial charge in [-0.25, -0.2) is 0 Å². The zero-order valence-electron chi connectivity index (χ0n) is 19.0. The van der Waals surface area contributed by atoms with Crippen molar-refractivity contribution in [3.63, 3.8) is 0 Å². The van der Waals surface area contributed by atoms with Crippen LogP contribution in [0.25, 0.3) is 0 Å². The number of hydrogen-bond donors (Lipinski definition) is 0. The van der Waals surface area contributed by atoms with Crippen molar-refractivity contribution in [2.75, 3.05) is 36.9 Å². The lowest BCUT2D eigenvalue weighted by molar-refractivity contribution is 0.0510. The van der Waals surface area contributed by atoms with Crippen molar-refractivity contribution in [2.24, 2.45) is 0 Å². The molecule has 2 heterocycles. The lowest BCUT2D eigenvalue weighted by Crippen LogP contribution is -2.36. The SMILES string of the molecule is CCN(CC)c1ccc(CN(C[C@H]2CCCO2)C(=O)c2cccs2)c(OS(=O)(=O)CC)c1. The van der Waals surface area contributed by atoms with Gasteiger partial charge in [-0.1, -0.05) is 12.1 Å². The van der Waals surface area contributed by atoms with E-state index in [2.05, 4.69) is 4.90 Å². The van der Waals surface area contributed by atoms with E-state index in [9.17, 15) is 13.2 Å². The molecule has 0 bridgehead atoms. The van der Waals surface area contributed by atoms with E-state index in [0.29, 0.717) is 23.6 Å². The molecule has 0 N–H and O–H groups in total. The lowest BCUT2D eigenvalue weighted by atomic mass is 10.1. The molecule has 0 unspecified atom stereocenters. The van der Waals surface area contributed by atoms with Crippen LogP contribution in [0.3, 0.4) is 0 Å². The molecule has 176 valence electrons. The molecule has 1 saturated heterocycles. The molecule has 3 rings (SSSR count). The predicted octanol–water partition coefficient (Wildman–Crippen LogP) is 4.14. The van der Waals surface area contributed by atoms with E-state index in [1.807, 2.05) is 37.4 Å². The highest BCUT2D eigenvalue weighted by molar-refractivity contribution is 7.87. The van der Waals surface area contributed by atoms with Crippen molar-refractivity contribution in [2.45, 2.75) is 46.3 Å². The molecule has 32 heavy (non-hydrogen) atoms. The monoisotopic (exact) mass is 480 g/mol. The van der Waals surface area contributed by atoms with Crippen LogP contribution < -0.4 is 9.08 Å². The van der Waals surface area contributed by atoms with Crippen molar-refractivity contribution in [1.29, 1.82) is 0 Å².